The van der Waals surface area contributed by atoms with Crippen LogP contribution in [0.3, 0.4) is 0 Å². The first-order valence-electron chi connectivity index (χ1n) is 11.5. The minimum atomic E-state index is -0.106. The van der Waals surface area contributed by atoms with Crippen LogP contribution < -0.4 is 5.32 Å². The van der Waals surface area contributed by atoms with Gasteiger partial charge >= 0.3 is 0 Å². The lowest BCUT2D eigenvalue weighted by Crippen LogP contribution is -2.35. The highest BCUT2D eigenvalue weighted by molar-refractivity contribution is 7.16. The van der Waals surface area contributed by atoms with Gasteiger partial charge in [-0.15, -0.1) is 11.3 Å². The number of hydrogen-bond donors (Lipinski definition) is 1. The van der Waals surface area contributed by atoms with E-state index in [1.54, 1.807) is 0 Å². The first-order chi connectivity index (χ1) is 16.4. The maximum atomic E-state index is 12.9. The summed E-state index contributed by atoms with van der Waals surface area (Å²) in [5.41, 5.74) is 3.56. The topological polar surface area (TPSA) is 91.0 Å². The van der Waals surface area contributed by atoms with Crippen LogP contribution in [0, 0.1) is 25.2 Å². The van der Waals surface area contributed by atoms with Crippen LogP contribution >= 0.6 is 11.3 Å². The van der Waals surface area contributed by atoms with Crippen LogP contribution in [0.4, 0.5) is 5.00 Å². The van der Waals surface area contributed by atoms with E-state index in [0.717, 1.165) is 27.5 Å². The maximum Gasteiger partial charge on any atom is 0.225 e. The molecule has 0 bridgehead atoms. The van der Waals surface area contributed by atoms with Gasteiger partial charge in [-0.05, 0) is 37.3 Å². The standard InChI is InChI=1S/C26H29N5O2S/c1-17(20-7-5-4-6-8-20)13-24(32)29-26-22(14-27)21-9-11-31(16-23(21)34-26)25(33)10-12-30-15-18(2)28-19(30)3/h4-8,15,17H,9-13,16H2,1-3H3,(H,29,32)/t17-/m0/s1. The summed E-state index contributed by atoms with van der Waals surface area (Å²) in [4.78, 5) is 32.8. The number of nitrogens with zero attached hydrogens (tertiary/aromatic N) is 4. The SMILES string of the molecule is Cc1cn(CCC(=O)N2CCc3c(sc(NC(=O)C[C@H](C)c4ccccc4)c3C#N)C2)c(C)n1. The van der Waals surface area contributed by atoms with E-state index in [0.29, 0.717) is 49.5 Å². The number of rotatable bonds is 7. The number of nitrogens with one attached hydrogen (secondary N) is 1. The van der Waals surface area contributed by atoms with E-state index >= 15 is 0 Å². The van der Waals surface area contributed by atoms with Gasteiger partial charge in [-0.1, -0.05) is 37.3 Å². The van der Waals surface area contributed by atoms with Gasteiger partial charge in [0, 0.05) is 37.0 Å². The van der Waals surface area contributed by atoms with Crippen LogP contribution in [0.2, 0.25) is 0 Å². The second-order valence-electron chi connectivity index (χ2n) is 8.82. The number of nitriles is 1. The fraction of sp³-hybridized carbons (Fsp3) is 0.385. The van der Waals surface area contributed by atoms with Crippen molar-refractivity contribution in [2.45, 2.75) is 59.0 Å². The Hall–Kier alpha value is -3.44. The van der Waals surface area contributed by atoms with Gasteiger partial charge in [0.15, 0.2) is 0 Å². The number of amides is 2. The van der Waals surface area contributed by atoms with Gasteiger partial charge in [0.1, 0.15) is 16.9 Å². The fourth-order valence-corrected chi connectivity index (χ4v) is 5.68. The summed E-state index contributed by atoms with van der Waals surface area (Å²) < 4.78 is 2.01. The highest BCUT2D eigenvalue weighted by atomic mass is 32.1. The molecular formula is C26H29N5O2S. The van der Waals surface area contributed by atoms with Crippen molar-refractivity contribution in [3.05, 3.63) is 69.6 Å². The summed E-state index contributed by atoms with van der Waals surface area (Å²) in [6.07, 6.45) is 3.33. The van der Waals surface area contributed by atoms with Gasteiger partial charge in [-0.2, -0.15) is 5.26 Å². The number of thiophene rings is 1. The van der Waals surface area contributed by atoms with E-state index in [1.165, 1.54) is 11.3 Å². The number of anilines is 1. The number of hydrogen-bond acceptors (Lipinski definition) is 5. The van der Waals surface area contributed by atoms with Gasteiger partial charge in [0.2, 0.25) is 11.8 Å². The normalized spacial score (nSPS) is 13.8. The molecule has 1 aliphatic rings. The molecule has 1 aliphatic heterocycles. The zero-order chi connectivity index (χ0) is 24.2. The molecule has 3 heterocycles. The van der Waals surface area contributed by atoms with Crippen LogP contribution in [-0.2, 0) is 29.1 Å². The van der Waals surface area contributed by atoms with Gasteiger partial charge in [0.05, 0.1) is 17.8 Å². The van der Waals surface area contributed by atoms with Crippen molar-refractivity contribution in [3.63, 3.8) is 0 Å². The molecule has 0 fully saturated rings. The van der Waals surface area contributed by atoms with Gasteiger partial charge in [-0.3, -0.25) is 9.59 Å². The molecule has 4 rings (SSSR count). The van der Waals surface area contributed by atoms with Crippen molar-refractivity contribution in [3.8, 4) is 6.07 Å². The molecule has 0 saturated carbocycles. The van der Waals surface area contributed by atoms with E-state index in [9.17, 15) is 14.9 Å². The van der Waals surface area contributed by atoms with Gasteiger partial charge in [0.25, 0.3) is 0 Å². The Bertz CT molecular complexity index is 1240. The number of carbonyl (C=O) groups is 2. The van der Waals surface area contributed by atoms with Crippen LogP contribution in [0.25, 0.3) is 0 Å². The molecule has 2 amide bonds. The number of benzene rings is 1. The van der Waals surface area contributed by atoms with Crippen LogP contribution in [0.5, 0.6) is 0 Å². The highest BCUT2D eigenvalue weighted by Gasteiger charge is 2.27. The molecule has 1 aromatic carbocycles. The summed E-state index contributed by atoms with van der Waals surface area (Å²) in [7, 11) is 0. The third kappa shape index (κ3) is 5.20. The van der Waals surface area contributed by atoms with Crippen LogP contribution in [0.1, 0.15) is 58.8 Å². The molecule has 2 aromatic heterocycles. The predicted octanol–water partition coefficient (Wildman–Crippen LogP) is 4.54. The summed E-state index contributed by atoms with van der Waals surface area (Å²) in [5.74, 6) is 0.971. The van der Waals surface area contributed by atoms with Crippen molar-refractivity contribution in [2.24, 2.45) is 0 Å². The molecule has 8 heteroatoms. The van der Waals surface area contributed by atoms with Crippen LogP contribution in [-0.4, -0.2) is 32.8 Å². The molecule has 34 heavy (non-hydrogen) atoms. The molecule has 1 N–H and O–H groups in total. The second-order valence-corrected chi connectivity index (χ2v) is 9.93. The average molecular weight is 476 g/mol. The summed E-state index contributed by atoms with van der Waals surface area (Å²) >= 11 is 1.42. The van der Waals surface area contributed by atoms with Crippen molar-refractivity contribution < 1.29 is 9.59 Å². The molecule has 7 nitrogen and oxygen atoms in total. The first-order valence-corrected chi connectivity index (χ1v) is 12.3. The van der Waals surface area contributed by atoms with Crippen LogP contribution in [0.15, 0.2) is 36.5 Å². The smallest absolute Gasteiger partial charge is 0.225 e. The number of fused-ring (bicyclic) bond motifs is 1. The summed E-state index contributed by atoms with van der Waals surface area (Å²) in [5, 5.41) is 13.3. The Morgan fingerprint density at radius 3 is 2.71 bits per heavy atom. The van der Waals surface area contributed by atoms with E-state index in [1.807, 2.05) is 66.8 Å². The lowest BCUT2D eigenvalue weighted by Gasteiger charge is -2.27. The van der Waals surface area contributed by atoms with Gasteiger partial charge < -0.3 is 14.8 Å². The molecule has 176 valence electrons. The zero-order valence-electron chi connectivity index (χ0n) is 19.8. The fourth-order valence-electron chi connectivity index (χ4n) is 4.45. The lowest BCUT2D eigenvalue weighted by molar-refractivity contribution is -0.132. The number of imidazole rings is 1. The van der Waals surface area contributed by atoms with E-state index in [4.69, 9.17) is 0 Å². The Kier molecular flexibility index (Phi) is 7.13. The van der Waals surface area contributed by atoms with E-state index < -0.39 is 0 Å². The molecule has 0 unspecified atom stereocenters. The highest BCUT2D eigenvalue weighted by Crippen LogP contribution is 2.37. The average Bonchev–Trinajstić information content (AvgIpc) is 3.34. The van der Waals surface area contributed by atoms with E-state index in [2.05, 4.69) is 16.4 Å². The lowest BCUT2D eigenvalue weighted by atomic mass is 9.97. The number of aryl methyl sites for hydroxylation is 3. The largest absolute Gasteiger partial charge is 0.337 e. The Balaban J connectivity index is 1.39. The number of carbonyl (C=O) groups excluding carboxylic acids is 2. The second kappa shape index (κ2) is 10.2. The molecule has 0 radical (unpaired) electrons. The van der Waals surface area contributed by atoms with Crippen molar-refractivity contribution >= 4 is 28.2 Å². The molecule has 3 aromatic rings. The maximum absolute atomic E-state index is 12.9. The van der Waals surface area contributed by atoms with Crippen molar-refractivity contribution in [1.29, 1.82) is 5.26 Å². The Labute approximate surface area is 204 Å². The van der Waals surface area contributed by atoms with Crippen molar-refractivity contribution in [1.82, 2.24) is 14.5 Å². The molecular weight excluding hydrogens is 446 g/mol. The molecule has 0 saturated heterocycles. The third-order valence-electron chi connectivity index (χ3n) is 6.30. The third-order valence-corrected chi connectivity index (χ3v) is 7.43. The minimum absolute atomic E-state index is 0.0809. The predicted molar refractivity (Wildman–Crippen MR) is 133 cm³/mol. The summed E-state index contributed by atoms with van der Waals surface area (Å²) in [6, 6.07) is 12.2. The zero-order valence-corrected chi connectivity index (χ0v) is 20.6. The minimum Gasteiger partial charge on any atom is -0.337 e. The summed E-state index contributed by atoms with van der Waals surface area (Å²) in [6.45, 7) is 7.57. The molecule has 1 atom stereocenters. The monoisotopic (exact) mass is 475 g/mol. The van der Waals surface area contributed by atoms with Crippen molar-refractivity contribution in [2.75, 3.05) is 11.9 Å². The first kappa shape index (κ1) is 23.7. The van der Waals surface area contributed by atoms with E-state index in [-0.39, 0.29) is 17.7 Å². The quantitative estimate of drug-likeness (QED) is 0.543. The number of aromatic nitrogens is 2. The van der Waals surface area contributed by atoms with Gasteiger partial charge in [-0.25, -0.2) is 4.98 Å². The molecule has 0 spiro atoms. The molecule has 0 aliphatic carbocycles. The Morgan fingerprint density at radius 1 is 1.26 bits per heavy atom. The Morgan fingerprint density at radius 2 is 2.03 bits per heavy atom.